The van der Waals surface area contributed by atoms with E-state index in [2.05, 4.69) is 11.1 Å². The van der Waals surface area contributed by atoms with Crippen LogP contribution in [0.4, 0.5) is 0 Å². The number of fused-ring (bicyclic) bond motifs is 1. The maximum absolute atomic E-state index is 12.5. The van der Waals surface area contributed by atoms with Crippen LogP contribution >= 0.6 is 0 Å². The van der Waals surface area contributed by atoms with E-state index in [1.54, 1.807) is 18.2 Å². The summed E-state index contributed by atoms with van der Waals surface area (Å²) in [5.41, 5.74) is 3.85. The van der Waals surface area contributed by atoms with Crippen molar-refractivity contribution in [2.24, 2.45) is 0 Å². The molecule has 6 heteroatoms. The molecule has 0 saturated heterocycles. The van der Waals surface area contributed by atoms with E-state index in [0.29, 0.717) is 29.4 Å². The van der Waals surface area contributed by atoms with E-state index in [9.17, 15) is 14.9 Å². The molecule has 3 aromatic carbocycles. The monoisotopic (exact) mass is 423 g/mol. The Morgan fingerprint density at radius 3 is 2.56 bits per heavy atom. The lowest BCUT2D eigenvalue weighted by Gasteiger charge is -2.08. The molecule has 0 radical (unpaired) electrons. The summed E-state index contributed by atoms with van der Waals surface area (Å²) in [5, 5.41) is 9.82. The molecule has 0 N–H and O–H groups in total. The summed E-state index contributed by atoms with van der Waals surface area (Å²) in [6, 6.07) is 24.4. The molecule has 1 aromatic heterocycles. The van der Waals surface area contributed by atoms with Crippen molar-refractivity contribution in [3.05, 3.63) is 101 Å². The molecule has 158 valence electrons. The number of hydrogen-bond donors (Lipinski definition) is 0. The molecule has 0 aliphatic carbocycles. The van der Waals surface area contributed by atoms with E-state index >= 15 is 0 Å². The summed E-state index contributed by atoms with van der Waals surface area (Å²) in [7, 11) is 0. The van der Waals surface area contributed by atoms with Crippen molar-refractivity contribution in [2.75, 3.05) is 0 Å². The summed E-state index contributed by atoms with van der Waals surface area (Å²) in [6.07, 6.45) is 2.22. The fourth-order valence-corrected chi connectivity index (χ4v) is 3.51. The maximum atomic E-state index is 12.5. The molecule has 32 heavy (non-hydrogen) atoms. The number of hydrogen-bond acceptors (Lipinski definition) is 5. The minimum Gasteiger partial charge on any atom is -0.461 e. The van der Waals surface area contributed by atoms with Crippen molar-refractivity contribution in [3.63, 3.8) is 0 Å². The van der Waals surface area contributed by atoms with Crippen LogP contribution in [0.2, 0.25) is 0 Å². The van der Waals surface area contributed by atoms with Crippen LogP contribution in [0.15, 0.2) is 83.9 Å². The normalized spacial score (nSPS) is 10.6. The van der Waals surface area contributed by atoms with Crippen LogP contribution in [0, 0.1) is 11.3 Å². The van der Waals surface area contributed by atoms with Crippen molar-refractivity contribution < 1.29 is 9.53 Å². The second-order valence-corrected chi connectivity index (χ2v) is 7.38. The summed E-state index contributed by atoms with van der Waals surface area (Å²) in [6.45, 7) is 0.579. The first-order valence-corrected chi connectivity index (χ1v) is 10.3. The minimum atomic E-state index is -0.314. The number of aryl methyl sites for hydroxylation is 1. The zero-order chi connectivity index (χ0) is 22.3. The Kier molecular flexibility index (Phi) is 6.38. The average molecular weight is 423 g/mol. The Hall–Kier alpha value is -4.24. The van der Waals surface area contributed by atoms with E-state index < -0.39 is 0 Å². The highest BCUT2D eigenvalue weighted by molar-refractivity contribution is 5.77. The van der Waals surface area contributed by atoms with E-state index in [-0.39, 0.29) is 24.6 Å². The van der Waals surface area contributed by atoms with Crippen LogP contribution < -0.4 is 5.56 Å². The Bertz CT molecular complexity index is 1350. The average Bonchev–Trinajstić information content (AvgIpc) is 2.84. The molecule has 0 fully saturated rings. The lowest BCUT2D eigenvalue weighted by Crippen LogP contribution is -2.21. The molecule has 0 aliphatic heterocycles. The number of nitrogens with zero attached hydrogens (tertiary/aromatic N) is 3. The maximum Gasteiger partial charge on any atom is 0.306 e. The lowest BCUT2D eigenvalue weighted by atomic mass is 9.99. The molecule has 4 aromatic rings. The first-order chi connectivity index (χ1) is 15.7. The van der Waals surface area contributed by atoms with Gasteiger partial charge >= 0.3 is 5.97 Å². The van der Waals surface area contributed by atoms with E-state index in [4.69, 9.17) is 4.74 Å². The number of rotatable bonds is 7. The molecule has 0 unspecified atom stereocenters. The van der Waals surface area contributed by atoms with Crippen molar-refractivity contribution in [3.8, 4) is 17.2 Å². The molecular formula is C26H21N3O3. The fourth-order valence-electron chi connectivity index (χ4n) is 3.51. The molecule has 6 nitrogen and oxygen atoms in total. The molecule has 4 rings (SSSR count). The second kappa shape index (κ2) is 9.71. The highest BCUT2D eigenvalue weighted by Gasteiger charge is 2.08. The van der Waals surface area contributed by atoms with Gasteiger partial charge in [-0.15, -0.1) is 0 Å². The third-order valence-corrected chi connectivity index (χ3v) is 5.22. The van der Waals surface area contributed by atoms with Gasteiger partial charge in [-0.2, -0.15) is 5.26 Å². The van der Waals surface area contributed by atoms with Crippen LogP contribution in [0.25, 0.3) is 22.0 Å². The number of esters is 1. The van der Waals surface area contributed by atoms with E-state index in [1.807, 2.05) is 54.6 Å². The predicted octanol–water partition coefficient (Wildman–Crippen LogP) is 4.46. The quantitative estimate of drug-likeness (QED) is 0.410. The van der Waals surface area contributed by atoms with Gasteiger partial charge in [0.1, 0.15) is 6.61 Å². The molecule has 0 aliphatic rings. The van der Waals surface area contributed by atoms with Crippen LogP contribution in [0.3, 0.4) is 0 Å². The Balaban J connectivity index is 1.29. The highest BCUT2D eigenvalue weighted by atomic mass is 16.5. The van der Waals surface area contributed by atoms with E-state index in [1.165, 1.54) is 10.9 Å². The molecule has 0 atom stereocenters. The number of ether oxygens (including phenoxy) is 1. The third kappa shape index (κ3) is 4.73. The molecule has 0 saturated carbocycles. The Morgan fingerprint density at radius 1 is 1.00 bits per heavy atom. The standard InChI is InChI=1S/C26H21N3O3/c27-16-21-6-1-2-7-22(21)20-13-11-19(12-14-20)17-32-25(30)10-5-15-29-18-28-24-9-4-3-8-23(24)26(29)31/h1-4,6-9,11-14,18H,5,10,15,17H2. The first-order valence-electron chi connectivity index (χ1n) is 10.3. The fraction of sp³-hybridized carbons (Fsp3) is 0.154. The van der Waals surface area contributed by atoms with Gasteiger partial charge in [0.05, 0.1) is 28.9 Å². The smallest absolute Gasteiger partial charge is 0.306 e. The number of nitriles is 1. The molecule has 1 heterocycles. The van der Waals surface area contributed by atoms with Gasteiger partial charge < -0.3 is 4.74 Å². The van der Waals surface area contributed by atoms with Gasteiger partial charge in [-0.3, -0.25) is 14.2 Å². The van der Waals surface area contributed by atoms with Crippen LogP contribution in [0.5, 0.6) is 0 Å². The molecule has 0 spiro atoms. The summed E-state index contributed by atoms with van der Waals surface area (Å²) < 4.78 is 6.88. The zero-order valence-electron chi connectivity index (χ0n) is 17.4. The van der Waals surface area contributed by atoms with Crippen molar-refractivity contribution >= 4 is 16.9 Å². The Labute approximate surface area is 185 Å². The van der Waals surface area contributed by atoms with Crippen molar-refractivity contribution in [1.29, 1.82) is 5.26 Å². The summed E-state index contributed by atoms with van der Waals surface area (Å²) in [5.74, 6) is -0.314. The zero-order valence-corrected chi connectivity index (χ0v) is 17.4. The lowest BCUT2D eigenvalue weighted by molar-refractivity contribution is -0.145. The van der Waals surface area contributed by atoms with E-state index in [0.717, 1.165) is 16.7 Å². The SMILES string of the molecule is N#Cc1ccccc1-c1ccc(COC(=O)CCCn2cnc3ccccc3c2=O)cc1. The summed E-state index contributed by atoms with van der Waals surface area (Å²) in [4.78, 5) is 28.9. The van der Waals surface area contributed by atoms with Gasteiger partial charge in [-0.25, -0.2) is 4.98 Å². The second-order valence-electron chi connectivity index (χ2n) is 7.38. The van der Waals surface area contributed by atoms with Crippen LogP contribution in [0.1, 0.15) is 24.0 Å². The largest absolute Gasteiger partial charge is 0.461 e. The predicted molar refractivity (Wildman–Crippen MR) is 122 cm³/mol. The first kappa shape index (κ1) is 21.0. The minimum absolute atomic E-state index is 0.109. The number of benzene rings is 3. The highest BCUT2D eigenvalue weighted by Crippen LogP contribution is 2.23. The number of carbonyl (C=O) groups excluding carboxylic acids is 1. The van der Waals surface area contributed by atoms with Gasteiger partial charge in [0.25, 0.3) is 5.56 Å². The molecule has 0 amide bonds. The summed E-state index contributed by atoms with van der Waals surface area (Å²) >= 11 is 0. The van der Waals surface area contributed by atoms with Gasteiger partial charge in [-0.1, -0.05) is 54.6 Å². The Morgan fingerprint density at radius 2 is 1.75 bits per heavy atom. The number of para-hydroxylation sites is 1. The van der Waals surface area contributed by atoms with Crippen LogP contribution in [-0.2, 0) is 22.7 Å². The van der Waals surface area contributed by atoms with Gasteiger partial charge in [-0.05, 0) is 41.3 Å². The van der Waals surface area contributed by atoms with Gasteiger partial charge in [0.15, 0.2) is 0 Å². The van der Waals surface area contributed by atoms with Crippen molar-refractivity contribution in [1.82, 2.24) is 9.55 Å². The van der Waals surface area contributed by atoms with Gasteiger partial charge in [0.2, 0.25) is 0 Å². The molecular weight excluding hydrogens is 402 g/mol. The third-order valence-electron chi connectivity index (χ3n) is 5.22. The topological polar surface area (TPSA) is 85.0 Å². The number of carbonyl (C=O) groups is 1. The number of aromatic nitrogens is 2. The molecule has 0 bridgehead atoms. The van der Waals surface area contributed by atoms with Crippen molar-refractivity contribution in [2.45, 2.75) is 26.0 Å². The van der Waals surface area contributed by atoms with Gasteiger partial charge in [0, 0.05) is 13.0 Å². The van der Waals surface area contributed by atoms with Crippen LogP contribution in [-0.4, -0.2) is 15.5 Å².